The van der Waals surface area contributed by atoms with Gasteiger partial charge in [-0.05, 0) is 29.5 Å². The number of amides is 1. The molecule has 0 bridgehead atoms. The summed E-state index contributed by atoms with van der Waals surface area (Å²) in [5, 5.41) is 8.79. The number of carbonyl (C=O) groups is 1. The second-order valence-electron chi connectivity index (χ2n) is 6.02. The van der Waals surface area contributed by atoms with Gasteiger partial charge in [-0.25, -0.2) is 13.9 Å². The van der Waals surface area contributed by atoms with Crippen molar-refractivity contribution in [1.29, 1.82) is 0 Å². The van der Waals surface area contributed by atoms with Gasteiger partial charge in [-0.15, -0.1) is 0 Å². The summed E-state index contributed by atoms with van der Waals surface area (Å²) in [5.41, 5.74) is 4.76. The summed E-state index contributed by atoms with van der Waals surface area (Å²) >= 11 is 0. The van der Waals surface area contributed by atoms with Crippen molar-refractivity contribution in [1.82, 2.24) is 9.79 Å². The predicted molar refractivity (Wildman–Crippen MR) is 94.4 cm³/mol. The van der Waals surface area contributed by atoms with E-state index in [2.05, 4.69) is 0 Å². The topological polar surface area (TPSA) is 86.7 Å². The Morgan fingerprint density at radius 1 is 1.08 bits per heavy atom. The number of carbonyl (C=O) groups excluding carboxylic acids is 1. The SMILES string of the molecule is O=C(NO)[C@H]1CCS(=O)(=O)N1CCc1ccc(-c2ccccc2)cc1. The average Bonchev–Trinajstić information content (AvgIpc) is 2.95. The van der Waals surface area contributed by atoms with Crippen molar-refractivity contribution in [2.24, 2.45) is 0 Å². The lowest BCUT2D eigenvalue weighted by atomic mass is 10.0. The molecule has 25 heavy (non-hydrogen) atoms. The van der Waals surface area contributed by atoms with Crippen LogP contribution < -0.4 is 5.48 Å². The minimum Gasteiger partial charge on any atom is -0.289 e. The molecule has 1 amide bonds. The number of hydroxylamine groups is 1. The van der Waals surface area contributed by atoms with E-state index in [1.165, 1.54) is 4.31 Å². The molecule has 0 saturated carbocycles. The molecule has 0 spiro atoms. The zero-order valence-electron chi connectivity index (χ0n) is 13.6. The Morgan fingerprint density at radius 2 is 1.72 bits per heavy atom. The number of benzene rings is 2. The van der Waals surface area contributed by atoms with Gasteiger partial charge in [0, 0.05) is 6.54 Å². The largest absolute Gasteiger partial charge is 0.289 e. The third-order valence-corrected chi connectivity index (χ3v) is 6.35. The number of sulfonamides is 1. The summed E-state index contributed by atoms with van der Waals surface area (Å²) in [4.78, 5) is 11.7. The molecule has 0 unspecified atom stereocenters. The Labute approximate surface area is 147 Å². The molecule has 0 radical (unpaired) electrons. The van der Waals surface area contributed by atoms with Gasteiger partial charge in [-0.2, -0.15) is 4.31 Å². The number of nitrogens with one attached hydrogen (secondary N) is 1. The van der Waals surface area contributed by atoms with Crippen LogP contribution in [0.25, 0.3) is 11.1 Å². The van der Waals surface area contributed by atoms with Crippen LogP contribution in [0.1, 0.15) is 12.0 Å². The lowest BCUT2D eigenvalue weighted by molar-refractivity contribution is -0.132. The van der Waals surface area contributed by atoms with Crippen molar-refractivity contribution in [2.75, 3.05) is 12.3 Å². The summed E-state index contributed by atoms with van der Waals surface area (Å²) in [7, 11) is -3.45. The fourth-order valence-electron chi connectivity index (χ4n) is 3.08. The van der Waals surface area contributed by atoms with E-state index in [4.69, 9.17) is 5.21 Å². The first-order chi connectivity index (χ1) is 12.0. The highest BCUT2D eigenvalue weighted by Crippen LogP contribution is 2.23. The molecular formula is C18H20N2O4S. The lowest BCUT2D eigenvalue weighted by Gasteiger charge is -2.21. The Morgan fingerprint density at radius 3 is 2.36 bits per heavy atom. The summed E-state index contributed by atoms with van der Waals surface area (Å²) in [6.45, 7) is 0.213. The Balaban J connectivity index is 1.69. The molecule has 0 aromatic heterocycles. The fraction of sp³-hybridized carbons (Fsp3) is 0.278. The van der Waals surface area contributed by atoms with Gasteiger partial charge in [-0.1, -0.05) is 54.6 Å². The van der Waals surface area contributed by atoms with Crippen LogP contribution in [-0.2, 0) is 21.2 Å². The molecule has 6 nitrogen and oxygen atoms in total. The van der Waals surface area contributed by atoms with E-state index in [1.807, 2.05) is 54.6 Å². The molecule has 1 heterocycles. The summed E-state index contributed by atoms with van der Waals surface area (Å²) in [6.07, 6.45) is 0.700. The number of rotatable bonds is 5. The van der Waals surface area contributed by atoms with Gasteiger partial charge in [0.1, 0.15) is 6.04 Å². The van der Waals surface area contributed by atoms with Crippen LogP contribution in [0.3, 0.4) is 0 Å². The zero-order valence-corrected chi connectivity index (χ0v) is 14.4. The molecule has 3 rings (SSSR count). The van der Waals surface area contributed by atoms with Crippen LogP contribution in [0.5, 0.6) is 0 Å². The molecule has 1 atom stereocenters. The highest BCUT2D eigenvalue weighted by Gasteiger charge is 2.40. The quantitative estimate of drug-likeness (QED) is 0.629. The van der Waals surface area contributed by atoms with Crippen molar-refractivity contribution < 1.29 is 18.4 Å². The Bertz CT molecular complexity index is 835. The second-order valence-corrected chi connectivity index (χ2v) is 8.06. The molecule has 7 heteroatoms. The van der Waals surface area contributed by atoms with Crippen LogP contribution in [-0.4, -0.2) is 42.2 Å². The van der Waals surface area contributed by atoms with Gasteiger partial charge in [-0.3, -0.25) is 10.0 Å². The smallest absolute Gasteiger partial charge is 0.261 e. The minimum absolute atomic E-state index is 0.0714. The molecule has 2 N–H and O–H groups in total. The normalized spacial score (nSPS) is 19.6. The second kappa shape index (κ2) is 7.35. The van der Waals surface area contributed by atoms with Crippen molar-refractivity contribution in [3.63, 3.8) is 0 Å². The van der Waals surface area contributed by atoms with E-state index in [-0.39, 0.29) is 18.7 Å². The van der Waals surface area contributed by atoms with Gasteiger partial charge >= 0.3 is 0 Å². The monoisotopic (exact) mass is 360 g/mol. The molecule has 1 aliphatic rings. The van der Waals surface area contributed by atoms with E-state index in [9.17, 15) is 13.2 Å². The van der Waals surface area contributed by atoms with E-state index < -0.39 is 22.0 Å². The third-order valence-electron chi connectivity index (χ3n) is 4.45. The molecule has 2 aromatic rings. The van der Waals surface area contributed by atoms with Gasteiger partial charge in [0.05, 0.1) is 5.75 Å². The standard InChI is InChI=1S/C18H20N2O4S/c21-18(19-22)17-11-13-25(23,24)20(17)12-10-14-6-8-16(9-7-14)15-4-2-1-3-5-15/h1-9,17,22H,10-13H2,(H,19,21)/t17-/m1/s1. The fourth-order valence-corrected chi connectivity index (χ4v) is 4.79. The molecule has 1 fully saturated rings. The first-order valence-electron chi connectivity index (χ1n) is 8.09. The highest BCUT2D eigenvalue weighted by molar-refractivity contribution is 7.89. The van der Waals surface area contributed by atoms with Gasteiger partial charge in [0.2, 0.25) is 10.0 Å². The lowest BCUT2D eigenvalue weighted by Crippen LogP contribution is -2.44. The van der Waals surface area contributed by atoms with Crippen molar-refractivity contribution in [2.45, 2.75) is 18.9 Å². The molecule has 2 aromatic carbocycles. The molecule has 0 aliphatic carbocycles. The first-order valence-corrected chi connectivity index (χ1v) is 9.70. The van der Waals surface area contributed by atoms with E-state index >= 15 is 0 Å². The number of hydrogen-bond donors (Lipinski definition) is 2. The summed E-state index contributed by atoms with van der Waals surface area (Å²) < 4.78 is 25.4. The van der Waals surface area contributed by atoms with E-state index in [0.29, 0.717) is 6.42 Å². The van der Waals surface area contributed by atoms with Gasteiger partial charge in [0.25, 0.3) is 5.91 Å². The van der Waals surface area contributed by atoms with Crippen LogP contribution in [0.15, 0.2) is 54.6 Å². The van der Waals surface area contributed by atoms with Crippen molar-refractivity contribution in [3.8, 4) is 11.1 Å². The number of nitrogens with zero attached hydrogens (tertiary/aromatic N) is 1. The summed E-state index contributed by atoms with van der Waals surface area (Å²) in [5.74, 6) is -0.751. The Hall–Kier alpha value is -2.22. The molecular weight excluding hydrogens is 340 g/mol. The van der Waals surface area contributed by atoms with Crippen molar-refractivity contribution in [3.05, 3.63) is 60.2 Å². The van der Waals surface area contributed by atoms with Crippen LogP contribution in [0.4, 0.5) is 0 Å². The van der Waals surface area contributed by atoms with Gasteiger partial charge in [0.15, 0.2) is 0 Å². The maximum Gasteiger partial charge on any atom is 0.261 e. The van der Waals surface area contributed by atoms with Crippen molar-refractivity contribution >= 4 is 15.9 Å². The predicted octanol–water partition coefficient (Wildman–Crippen LogP) is 1.81. The molecule has 1 aliphatic heterocycles. The number of hydrogen-bond acceptors (Lipinski definition) is 4. The highest BCUT2D eigenvalue weighted by atomic mass is 32.2. The van der Waals surface area contributed by atoms with Gasteiger partial charge < -0.3 is 0 Å². The maximum absolute atomic E-state index is 12.1. The third kappa shape index (κ3) is 3.89. The van der Waals surface area contributed by atoms with Crippen LogP contribution in [0, 0.1) is 0 Å². The van der Waals surface area contributed by atoms with Crippen LogP contribution >= 0.6 is 0 Å². The molecule has 132 valence electrons. The summed E-state index contributed by atoms with van der Waals surface area (Å²) in [6, 6.07) is 17.1. The minimum atomic E-state index is -3.45. The van der Waals surface area contributed by atoms with E-state index in [1.54, 1.807) is 5.48 Å². The zero-order chi connectivity index (χ0) is 17.9. The first kappa shape index (κ1) is 17.6. The molecule has 1 saturated heterocycles. The maximum atomic E-state index is 12.1. The Kier molecular flexibility index (Phi) is 5.17. The van der Waals surface area contributed by atoms with Crippen LogP contribution in [0.2, 0.25) is 0 Å². The van der Waals surface area contributed by atoms with E-state index in [0.717, 1.165) is 16.7 Å². The average molecular weight is 360 g/mol.